The van der Waals surface area contributed by atoms with Gasteiger partial charge in [-0.25, -0.2) is 4.39 Å². The fourth-order valence-corrected chi connectivity index (χ4v) is 3.39. The SMILES string of the molecule is O=C(/C=C/c1cccs1)NC(=S)Nc1cccc(C(=O)Nc2ccc(F)c(Cl)c2)c1. The molecule has 0 saturated heterocycles. The second-order valence-corrected chi connectivity index (χ2v) is 7.75. The highest BCUT2D eigenvalue weighted by atomic mass is 35.5. The first kappa shape index (κ1) is 21.6. The molecule has 2 aromatic carbocycles. The van der Waals surface area contributed by atoms with Gasteiger partial charge in [0.15, 0.2) is 5.11 Å². The van der Waals surface area contributed by atoms with E-state index in [1.54, 1.807) is 30.3 Å². The number of rotatable bonds is 5. The summed E-state index contributed by atoms with van der Waals surface area (Å²) in [7, 11) is 0. The average Bonchev–Trinajstić information content (AvgIpc) is 3.23. The summed E-state index contributed by atoms with van der Waals surface area (Å²) >= 11 is 12.4. The van der Waals surface area contributed by atoms with Gasteiger partial charge in [-0.2, -0.15) is 0 Å². The van der Waals surface area contributed by atoms with Crippen LogP contribution in [0.15, 0.2) is 66.1 Å². The van der Waals surface area contributed by atoms with Crippen LogP contribution in [0.1, 0.15) is 15.2 Å². The monoisotopic (exact) mass is 459 g/mol. The standard InChI is InChI=1S/C21H15ClFN3O2S2/c22-17-12-15(6-8-18(17)23)24-20(28)13-3-1-4-14(11-13)25-21(29)26-19(27)9-7-16-5-2-10-30-16/h1-12H,(H,24,28)(H2,25,26,27,29)/b9-7+. The largest absolute Gasteiger partial charge is 0.332 e. The molecule has 30 heavy (non-hydrogen) atoms. The van der Waals surface area contributed by atoms with Gasteiger partial charge in [0.1, 0.15) is 5.82 Å². The maximum absolute atomic E-state index is 13.2. The van der Waals surface area contributed by atoms with Gasteiger partial charge in [0.25, 0.3) is 5.91 Å². The van der Waals surface area contributed by atoms with Crippen LogP contribution >= 0.6 is 35.2 Å². The van der Waals surface area contributed by atoms with Crippen LogP contribution in [0.5, 0.6) is 0 Å². The van der Waals surface area contributed by atoms with Crippen LogP contribution in [-0.4, -0.2) is 16.9 Å². The summed E-state index contributed by atoms with van der Waals surface area (Å²) in [6, 6.07) is 14.2. The third-order valence-electron chi connectivity index (χ3n) is 3.74. The predicted octanol–water partition coefficient (Wildman–Crippen LogP) is 5.32. The van der Waals surface area contributed by atoms with Gasteiger partial charge in [0.2, 0.25) is 5.91 Å². The molecule has 3 N–H and O–H groups in total. The molecule has 0 aliphatic carbocycles. The quantitative estimate of drug-likeness (QED) is 0.357. The van der Waals surface area contributed by atoms with Crippen LogP contribution < -0.4 is 16.0 Å². The molecule has 0 radical (unpaired) electrons. The molecular formula is C21H15ClFN3O2S2. The van der Waals surface area contributed by atoms with Gasteiger partial charge in [0.05, 0.1) is 5.02 Å². The normalized spacial score (nSPS) is 10.6. The Morgan fingerprint density at radius 1 is 1.03 bits per heavy atom. The Morgan fingerprint density at radius 3 is 2.57 bits per heavy atom. The van der Waals surface area contributed by atoms with Crippen molar-refractivity contribution in [3.05, 3.63) is 87.3 Å². The van der Waals surface area contributed by atoms with E-state index in [1.165, 1.54) is 35.6 Å². The zero-order valence-electron chi connectivity index (χ0n) is 15.3. The molecule has 0 aliphatic heterocycles. The first-order valence-corrected chi connectivity index (χ1v) is 10.3. The molecule has 3 rings (SSSR count). The molecule has 0 fully saturated rings. The number of hydrogen-bond donors (Lipinski definition) is 3. The van der Waals surface area contributed by atoms with Crippen LogP contribution in [0.4, 0.5) is 15.8 Å². The first-order valence-electron chi connectivity index (χ1n) is 8.61. The summed E-state index contributed by atoms with van der Waals surface area (Å²) in [5.41, 5.74) is 1.23. The molecule has 0 aliphatic rings. The number of nitrogens with one attached hydrogen (secondary N) is 3. The van der Waals surface area contributed by atoms with Crippen molar-refractivity contribution < 1.29 is 14.0 Å². The smallest absolute Gasteiger partial charge is 0.255 e. The number of benzene rings is 2. The van der Waals surface area contributed by atoms with Crippen molar-refractivity contribution in [3.8, 4) is 0 Å². The fourth-order valence-electron chi connectivity index (χ4n) is 2.38. The third-order valence-corrected chi connectivity index (χ3v) is 5.07. The maximum Gasteiger partial charge on any atom is 0.255 e. The molecule has 2 amide bonds. The van der Waals surface area contributed by atoms with Crippen molar-refractivity contribution in [3.63, 3.8) is 0 Å². The molecule has 0 saturated carbocycles. The predicted molar refractivity (Wildman–Crippen MR) is 124 cm³/mol. The highest BCUT2D eigenvalue weighted by molar-refractivity contribution is 7.80. The van der Waals surface area contributed by atoms with Gasteiger partial charge in [-0.15, -0.1) is 11.3 Å². The van der Waals surface area contributed by atoms with Gasteiger partial charge in [-0.05, 0) is 66.1 Å². The molecule has 0 spiro atoms. The summed E-state index contributed by atoms with van der Waals surface area (Å²) in [5.74, 6) is -1.35. The lowest BCUT2D eigenvalue weighted by Crippen LogP contribution is -2.32. The average molecular weight is 460 g/mol. The Hall–Kier alpha value is -3.07. The molecule has 0 bridgehead atoms. The van der Waals surface area contributed by atoms with E-state index in [9.17, 15) is 14.0 Å². The highest BCUT2D eigenvalue weighted by Gasteiger charge is 2.09. The van der Waals surface area contributed by atoms with Crippen LogP contribution in [0.3, 0.4) is 0 Å². The first-order chi connectivity index (χ1) is 14.4. The van der Waals surface area contributed by atoms with Gasteiger partial charge in [-0.3, -0.25) is 14.9 Å². The Morgan fingerprint density at radius 2 is 1.83 bits per heavy atom. The van der Waals surface area contributed by atoms with Crippen LogP contribution in [0.25, 0.3) is 6.08 Å². The molecule has 152 valence electrons. The topological polar surface area (TPSA) is 70.2 Å². The number of carbonyl (C=O) groups is 2. The molecule has 3 aromatic rings. The van der Waals surface area contributed by atoms with Gasteiger partial charge < -0.3 is 10.6 Å². The second kappa shape index (κ2) is 10.1. The van der Waals surface area contributed by atoms with Crippen molar-refractivity contribution in [2.24, 2.45) is 0 Å². The zero-order valence-corrected chi connectivity index (χ0v) is 17.7. The Labute approximate surface area is 186 Å². The van der Waals surface area contributed by atoms with Crippen molar-refractivity contribution in [1.82, 2.24) is 5.32 Å². The molecule has 9 heteroatoms. The van der Waals surface area contributed by atoms with Gasteiger partial charge in [0, 0.05) is 27.9 Å². The van der Waals surface area contributed by atoms with Gasteiger partial charge in [-0.1, -0.05) is 23.7 Å². The van der Waals surface area contributed by atoms with E-state index in [1.807, 2.05) is 17.5 Å². The van der Waals surface area contributed by atoms with Crippen molar-refractivity contribution in [1.29, 1.82) is 0 Å². The van der Waals surface area contributed by atoms with Gasteiger partial charge >= 0.3 is 0 Å². The van der Waals surface area contributed by atoms with E-state index in [2.05, 4.69) is 16.0 Å². The highest BCUT2D eigenvalue weighted by Crippen LogP contribution is 2.20. The third kappa shape index (κ3) is 6.21. The van der Waals surface area contributed by atoms with E-state index >= 15 is 0 Å². The van der Waals surface area contributed by atoms with Crippen LogP contribution in [0.2, 0.25) is 5.02 Å². The number of thiocarbonyl (C=S) groups is 1. The Kier molecular flexibility index (Phi) is 7.29. The molecule has 1 heterocycles. The van der Waals surface area contributed by atoms with E-state index in [0.717, 1.165) is 4.88 Å². The number of hydrogen-bond acceptors (Lipinski definition) is 4. The fraction of sp³-hybridized carbons (Fsp3) is 0. The minimum atomic E-state index is -0.568. The summed E-state index contributed by atoms with van der Waals surface area (Å²) in [6.45, 7) is 0. The van der Waals surface area contributed by atoms with E-state index in [-0.39, 0.29) is 16.0 Å². The van der Waals surface area contributed by atoms with E-state index in [0.29, 0.717) is 16.9 Å². The molecule has 1 aromatic heterocycles. The van der Waals surface area contributed by atoms with Crippen molar-refractivity contribution in [2.75, 3.05) is 10.6 Å². The Bertz CT molecular complexity index is 1120. The number of carbonyl (C=O) groups excluding carboxylic acids is 2. The zero-order chi connectivity index (χ0) is 21.5. The van der Waals surface area contributed by atoms with E-state index < -0.39 is 11.7 Å². The minimum absolute atomic E-state index is 0.0857. The molecule has 5 nitrogen and oxygen atoms in total. The second-order valence-electron chi connectivity index (χ2n) is 5.96. The number of halogens is 2. The minimum Gasteiger partial charge on any atom is -0.332 e. The van der Waals surface area contributed by atoms with Crippen molar-refractivity contribution >= 4 is 69.5 Å². The summed E-state index contributed by atoms with van der Waals surface area (Å²) in [4.78, 5) is 25.3. The lowest BCUT2D eigenvalue weighted by Gasteiger charge is -2.10. The van der Waals surface area contributed by atoms with E-state index in [4.69, 9.17) is 23.8 Å². The molecule has 0 unspecified atom stereocenters. The van der Waals surface area contributed by atoms with Crippen molar-refractivity contribution in [2.45, 2.75) is 0 Å². The Balaban J connectivity index is 1.58. The number of amides is 2. The summed E-state index contributed by atoms with van der Waals surface area (Å²) in [6.07, 6.45) is 3.08. The molecule has 0 atom stereocenters. The van der Waals surface area contributed by atoms with Crippen LogP contribution in [-0.2, 0) is 4.79 Å². The lowest BCUT2D eigenvalue weighted by atomic mass is 10.2. The number of thiophene rings is 1. The lowest BCUT2D eigenvalue weighted by molar-refractivity contribution is -0.115. The molecular weight excluding hydrogens is 445 g/mol. The summed E-state index contributed by atoms with van der Waals surface area (Å²) in [5, 5.41) is 9.96. The van der Waals surface area contributed by atoms with Crippen LogP contribution in [0, 0.1) is 5.82 Å². The summed E-state index contributed by atoms with van der Waals surface area (Å²) < 4.78 is 13.2. The number of anilines is 2. The maximum atomic E-state index is 13.2.